The van der Waals surface area contributed by atoms with Gasteiger partial charge in [0.15, 0.2) is 17.4 Å². The largest absolute Gasteiger partial charge is 0.488 e. The highest BCUT2D eigenvalue weighted by atomic mass is 32.2. The lowest BCUT2D eigenvalue weighted by Gasteiger charge is -2.29. The van der Waals surface area contributed by atoms with Crippen molar-refractivity contribution in [2.24, 2.45) is 0 Å². The maximum absolute atomic E-state index is 12.4. The van der Waals surface area contributed by atoms with Crippen LogP contribution in [0.3, 0.4) is 0 Å². The van der Waals surface area contributed by atoms with Crippen LogP contribution in [0, 0.1) is 0 Å². The van der Waals surface area contributed by atoms with Crippen LogP contribution in [-0.2, 0) is 4.74 Å². The summed E-state index contributed by atoms with van der Waals surface area (Å²) in [6, 6.07) is 14.6. The third-order valence-electron chi connectivity index (χ3n) is 5.11. The van der Waals surface area contributed by atoms with Gasteiger partial charge in [-0.2, -0.15) is 0 Å². The Labute approximate surface area is 203 Å². The first-order valence-electron chi connectivity index (χ1n) is 11.1. The standard InChI is InChI=1S/C24H28N6O3S/c1-3-33-21-16-25-22(28-23(21)30-12-14-32-15-13-30)17-4-6-18(7-5-17)26-24(31)27-19-8-10-20(11-9-19)29-34-2/h4-11,16,29H,3,12-15H2,1-2H3,(H2,26,27,31). The van der Waals surface area contributed by atoms with Gasteiger partial charge in [-0.1, -0.05) is 11.9 Å². The molecule has 0 spiro atoms. The lowest BCUT2D eigenvalue weighted by atomic mass is 10.2. The molecular formula is C24H28N6O3S. The van der Waals surface area contributed by atoms with Crippen LogP contribution in [0.4, 0.5) is 27.7 Å². The number of carbonyl (C=O) groups excluding carboxylic acids is 1. The number of ether oxygens (including phenoxy) is 2. The topological polar surface area (TPSA) is 101 Å². The Balaban J connectivity index is 1.43. The molecule has 0 unspecified atom stereocenters. The van der Waals surface area contributed by atoms with Crippen LogP contribution >= 0.6 is 11.9 Å². The average Bonchev–Trinajstić information content (AvgIpc) is 2.87. The number of morpholine rings is 1. The van der Waals surface area contributed by atoms with Crippen LogP contribution in [0.2, 0.25) is 0 Å². The number of nitrogens with one attached hydrogen (secondary N) is 3. The second-order valence-electron chi connectivity index (χ2n) is 7.45. The molecule has 34 heavy (non-hydrogen) atoms. The van der Waals surface area contributed by atoms with E-state index in [0.29, 0.717) is 42.8 Å². The third-order valence-corrected chi connectivity index (χ3v) is 5.55. The molecule has 2 aromatic carbocycles. The van der Waals surface area contributed by atoms with E-state index < -0.39 is 0 Å². The van der Waals surface area contributed by atoms with Gasteiger partial charge in [0.1, 0.15) is 0 Å². The quantitative estimate of drug-likeness (QED) is 0.399. The lowest BCUT2D eigenvalue weighted by Crippen LogP contribution is -2.37. The van der Waals surface area contributed by atoms with E-state index in [4.69, 9.17) is 14.5 Å². The number of rotatable bonds is 8. The molecule has 1 fully saturated rings. The monoisotopic (exact) mass is 480 g/mol. The highest BCUT2D eigenvalue weighted by Crippen LogP contribution is 2.29. The third kappa shape index (κ3) is 6.09. The minimum atomic E-state index is -0.315. The number of benzene rings is 2. The van der Waals surface area contributed by atoms with Gasteiger partial charge in [-0.25, -0.2) is 14.8 Å². The molecule has 4 rings (SSSR count). The minimum absolute atomic E-state index is 0.315. The number of anilines is 4. The smallest absolute Gasteiger partial charge is 0.323 e. The predicted molar refractivity (Wildman–Crippen MR) is 138 cm³/mol. The number of amides is 2. The molecule has 1 saturated heterocycles. The Hall–Kier alpha value is -3.50. The minimum Gasteiger partial charge on any atom is -0.488 e. The van der Waals surface area contributed by atoms with E-state index in [1.54, 1.807) is 6.20 Å². The molecule has 3 N–H and O–H groups in total. The Morgan fingerprint density at radius 1 is 1.03 bits per heavy atom. The second kappa shape index (κ2) is 11.6. The molecule has 3 aromatic rings. The van der Waals surface area contributed by atoms with Crippen LogP contribution in [0.1, 0.15) is 6.92 Å². The molecule has 1 aromatic heterocycles. The van der Waals surface area contributed by atoms with Gasteiger partial charge in [-0.3, -0.25) is 0 Å². The van der Waals surface area contributed by atoms with E-state index in [-0.39, 0.29) is 6.03 Å². The molecule has 0 bridgehead atoms. The van der Waals surface area contributed by atoms with Crippen molar-refractivity contribution in [3.05, 3.63) is 54.7 Å². The van der Waals surface area contributed by atoms with E-state index in [9.17, 15) is 4.79 Å². The van der Waals surface area contributed by atoms with Gasteiger partial charge in [0, 0.05) is 42.0 Å². The summed E-state index contributed by atoms with van der Waals surface area (Å²) in [6.07, 6.45) is 3.67. The van der Waals surface area contributed by atoms with Crippen molar-refractivity contribution in [1.82, 2.24) is 9.97 Å². The van der Waals surface area contributed by atoms with Crippen molar-refractivity contribution in [3.63, 3.8) is 0 Å². The molecule has 0 saturated carbocycles. The average molecular weight is 481 g/mol. The van der Waals surface area contributed by atoms with E-state index in [2.05, 4.69) is 25.2 Å². The van der Waals surface area contributed by atoms with Gasteiger partial charge >= 0.3 is 6.03 Å². The molecule has 10 heteroatoms. The molecule has 0 aliphatic carbocycles. The first kappa shape index (κ1) is 23.7. The number of urea groups is 1. The van der Waals surface area contributed by atoms with Crippen LogP contribution in [0.15, 0.2) is 54.7 Å². The molecule has 1 aliphatic rings. The van der Waals surface area contributed by atoms with Crippen molar-refractivity contribution in [1.29, 1.82) is 0 Å². The zero-order chi connectivity index (χ0) is 23.8. The highest BCUT2D eigenvalue weighted by molar-refractivity contribution is 7.99. The van der Waals surface area contributed by atoms with Crippen molar-refractivity contribution >= 4 is 40.9 Å². The fraction of sp³-hybridized carbons (Fsp3) is 0.292. The maximum atomic E-state index is 12.4. The summed E-state index contributed by atoms with van der Waals surface area (Å²) < 4.78 is 14.3. The van der Waals surface area contributed by atoms with Gasteiger partial charge < -0.3 is 29.7 Å². The van der Waals surface area contributed by atoms with Crippen LogP contribution in [0.5, 0.6) is 5.75 Å². The summed E-state index contributed by atoms with van der Waals surface area (Å²) in [5.74, 6) is 2.04. The van der Waals surface area contributed by atoms with Gasteiger partial charge in [0.25, 0.3) is 0 Å². The normalized spacial score (nSPS) is 13.3. The van der Waals surface area contributed by atoms with E-state index in [1.807, 2.05) is 61.7 Å². The Morgan fingerprint density at radius 2 is 1.65 bits per heavy atom. The molecule has 0 radical (unpaired) electrons. The van der Waals surface area contributed by atoms with Crippen molar-refractivity contribution < 1.29 is 14.3 Å². The summed E-state index contributed by atoms with van der Waals surface area (Å²) in [5, 5.41) is 5.67. The van der Waals surface area contributed by atoms with Crippen LogP contribution in [0.25, 0.3) is 11.4 Å². The zero-order valence-corrected chi connectivity index (χ0v) is 20.0. The SMILES string of the molecule is CCOc1cnc(-c2ccc(NC(=O)Nc3ccc(NSC)cc3)cc2)nc1N1CCOCC1. The number of carbonyl (C=O) groups is 1. The molecular weight excluding hydrogens is 452 g/mol. The van der Waals surface area contributed by atoms with Crippen LogP contribution in [-0.4, -0.2) is 55.2 Å². The summed E-state index contributed by atoms with van der Waals surface area (Å²) in [5.41, 5.74) is 3.20. The summed E-state index contributed by atoms with van der Waals surface area (Å²) in [7, 11) is 0. The molecule has 9 nitrogen and oxygen atoms in total. The van der Waals surface area contributed by atoms with Gasteiger partial charge in [-0.05, 0) is 55.5 Å². The second-order valence-corrected chi connectivity index (χ2v) is 8.07. The number of aromatic nitrogens is 2. The molecule has 2 heterocycles. The molecule has 0 atom stereocenters. The Morgan fingerprint density at radius 3 is 2.26 bits per heavy atom. The lowest BCUT2D eigenvalue weighted by molar-refractivity contribution is 0.122. The fourth-order valence-corrected chi connectivity index (χ4v) is 3.87. The first-order valence-corrected chi connectivity index (χ1v) is 12.3. The summed E-state index contributed by atoms with van der Waals surface area (Å²) >= 11 is 1.51. The van der Waals surface area contributed by atoms with E-state index >= 15 is 0 Å². The molecule has 2 amide bonds. The fourth-order valence-electron chi connectivity index (χ4n) is 3.50. The van der Waals surface area contributed by atoms with Gasteiger partial charge in [0.05, 0.1) is 26.0 Å². The number of hydrogen-bond acceptors (Lipinski definition) is 8. The van der Waals surface area contributed by atoms with Crippen molar-refractivity contribution in [2.45, 2.75) is 6.92 Å². The first-order chi connectivity index (χ1) is 16.7. The van der Waals surface area contributed by atoms with E-state index in [1.165, 1.54) is 11.9 Å². The number of nitrogens with zero attached hydrogens (tertiary/aromatic N) is 3. The highest BCUT2D eigenvalue weighted by Gasteiger charge is 2.19. The van der Waals surface area contributed by atoms with Crippen molar-refractivity contribution in [3.8, 4) is 17.1 Å². The molecule has 178 valence electrons. The van der Waals surface area contributed by atoms with Crippen molar-refractivity contribution in [2.75, 3.05) is 59.4 Å². The Kier molecular flexibility index (Phi) is 8.05. The summed E-state index contributed by atoms with van der Waals surface area (Å²) in [6.45, 7) is 5.31. The van der Waals surface area contributed by atoms with Gasteiger partial charge in [0.2, 0.25) is 0 Å². The zero-order valence-electron chi connectivity index (χ0n) is 19.2. The van der Waals surface area contributed by atoms with Crippen LogP contribution < -0.4 is 25.0 Å². The van der Waals surface area contributed by atoms with E-state index in [0.717, 1.165) is 30.2 Å². The number of hydrogen-bond donors (Lipinski definition) is 3. The maximum Gasteiger partial charge on any atom is 0.323 e. The molecule has 1 aliphatic heterocycles. The predicted octanol–water partition coefficient (Wildman–Crippen LogP) is 4.71. The van der Waals surface area contributed by atoms with Gasteiger partial charge in [-0.15, -0.1) is 0 Å². The Bertz CT molecular complexity index is 1090. The summed E-state index contributed by atoms with van der Waals surface area (Å²) in [4.78, 5) is 23.8.